The molecule has 0 saturated carbocycles. The van der Waals surface area contributed by atoms with Gasteiger partial charge in [-0.2, -0.15) is 0 Å². The molecule has 0 unspecified atom stereocenters. The van der Waals surface area contributed by atoms with Crippen LogP contribution in [0.4, 0.5) is 0 Å². The molecule has 0 radical (unpaired) electrons. The minimum atomic E-state index is 0.726. The van der Waals surface area contributed by atoms with Crippen molar-refractivity contribution < 1.29 is 4.74 Å². The second kappa shape index (κ2) is 7.12. The molecule has 0 spiro atoms. The highest BCUT2D eigenvalue weighted by Crippen LogP contribution is 2.29. The third-order valence-corrected chi connectivity index (χ3v) is 3.90. The molecule has 0 aromatic heterocycles. The lowest BCUT2D eigenvalue weighted by atomic mass is 10.2. The van der Waals surface area contributed by atoms with Crippen molar-refractivity contribution in [2.45, 2.75) is 13.5 Å². The zero-order valence-electron chi connectivity index (χ0n) is 10.6. The van der Waals surface area contributed by atoms with Crippen LogP contribution in [0.1, 0.15) is 12.5 Å². The van der Waals surface area contributed by atoms with E-state index in [1.165, 1.54) is 0 Å². The van der Waals surface area contributed by atoms with Crippen LogP contribution in [0.2, 0.25) is 5.02 Å². The Morgan fingerprint density at radius 2 is 2.00 bits per heavy atom. The van der Waals surface area contributed by atoms with Crippen molar-refractivity contribution in [3.63, 3.8) is 0 Å². The van der Waals surface area contributed by atoms with Crippen LogP contribution >= 0.6 is 34.2 Å². The third kappa shape index (κ3) is 4.09. The van der Waals surface area contributed by atoms with Crippen molar-refractivity contribution in [1.82, 2.24) is 5.32 Å². The Hall–Kier alpha value is -0.780. The predicted octanol–water partition coefficient (Wildman–Crippen LogP) is 4.85. The first kappa shape index (κ1) is 14.6. The SMILES string of the molecule is CCNCc1ccc(Oc2ccccc2I)cc1Cl. The number of halogens is 2. The van der Waals surface area contributed by atoms with Crippen LogP contribution in [0, 0.1) is 3.57 Å². The molecule has 2 aromatic carbocycles. The standard InChI is InChI=1S/C15H15ClINO/c1-2-18-10-11-7-8-12(9-13(11)16)19-15-6-4-3-5-14(15)17/h3-9,18H,2,10H2,1H3. The topological polar surface area (TPSA) is 21.3 Å². The van der Waals surface area contributed by atoms with E-state index < -0.39 is 0 Å². The summed E-state index contributed by atoms with van der Waals surface area (Å²) in [4.78, 5) is 0. The van der Waals surface area contributed by atoms with E-state index in [1.807, 2.05) is 42.5 Å². The number of hydrogen-bond donors (Lipinski definition) is 1. The van der Waals surface area contributed by atoms with E-state index in [-0.39, 0.29) is 0 Å². The molecule has 0 saturated heterocycles. The van der Waals surface area contributed by atoms with Crippen LogP contribution in [0.3, 0.4) is 0 Å². The summed E-state index contributed by atoms with van der Waals surface area (Å²) in [6, 6.07) is 13.7. The second-order valence-corrected chi connectivity index (χ2v) is 5.64. The molecule has 0 amide bonds. The quantitative estimate of drug-likeness (QED) is 0.741. The molecular weight excluding hydrogens is 373 g/mol. The molecule has 19 heavy (non-hydrogen) atoms. The van der Waals surface area contributed by atoms with E-state index in [4.69, 9.17) is 16.3 Å². The molecule has 0 aliphatic carbocycles. The highest BCUT2D eigenvalue weighted by molar-refractivity contribution is 14.1. The zero-order chi connectivity index (χ0) is 13.7. The second-order valence-electron chi connectivity index (χ2n) is 4.07. The number of nitrogens with one attached hydrogen (secondary N) is 1. The number of para-hydroxylation sites is 1. The van der Waals surface area contributed by atoms with Crippen LogP contribution in [-0.2, 0) is 6.54 Å². The summed E-state index contributed by atoms with van der Waals surface area (Å²) in [6.45, 7) is 3.78. The lowest BCUT2D eigenvalue weighted by Gasteiger charge is -2.10. The van der Waals surface area contributed by atoms with E-state index >= 15 is 0 Å². The highest BCUT2D eigenvalue weighted by Gasteiger charge is 2.05. The number of ether oxygens (including phenoxy) is 1. The minimum absolute atomic E-state index is 0.726. The van der Waals surface area contributed by atoms with Gasteiger partial charge in [-0.25, -0.2) is 0 Å². The summed E-state index contributed by atoms with van der Waals surface area (Å²) in [5.41, 5.74) is 1.08. The van der Waals surface area contributed by atoms with Crippen LogP contribution < -0.4 is 10.1 Å². The van der Waals surface area contributed by atoms with Crippen LogP contribution in [0.15, 0.2) is 42.5 Å². The fourth-order valence-electron chi connectivity index (χ4n) is 1.65. The first-order valence-corrected chi connectivity index (χ1v) is 7.58. The molecule has 100 valence electrons. The molecule has 4 heteroatoms. The molecule has 0 aliphatic heterocycles. The van der Waals surface area contributed by atoms with Gasteiger partial charge in [0.15, 0.2) is 0 Å². The first-order chi connectivity index (χ1) is 9.20. The molecular formula is C15H15ClINO. The molecule has 0 bridgehead atoms. The van der Waals surface area contributed by atoms with Gasteiger partial charge in [-0.15, -0.1) is 0 Å². The van der Waals surface area contributed by atoms with Crippen LogP contribution in [-0.4, -0.2) is 6.54 Å². The van der Waals surface area contributed by atoms with Crippen LogP contribution in [0.5, 0.6) is 11.5 Å². The fourth-order valence-corrected chi connectivity index (χ4v) is 2.38. The molecule has 0 heterocycles. The third-order valence-electron chi connectivity index (χ3n) is 2.65. The van der Waals surface area contributed by atoms with E-state index in [0.717, 1.165) is 38.7 Å². The largest absolute Gasteiger partial charge is 0.456 e. The van der Waals surface area contributed by atoms with Gasteiger partial charge in [0, 0.05) is 11.6 Å². The van der Waals surface area contributed by atoms with Crippen molar-refractivity contribution in [2.24, 2.45) is 0 Å². The molecule has 0 atom stereocenters. The van der Waals surface area contributed by atoms with Crippen LogP contribution in [0.25, 0.3) is 0 Å². The molecule has 0 fully saturated rings. The Morgan fingerprint density at radius 3 is 2.68 bits per heavy atom. The van der Waals surface area contributed by atoms with Gasteiger partial charge >= 0.3 is 0 Å². The Bertz CT molecular complexity index is 560. The van der Waals surface area contributed by atoms with Gasteiger partial charge in [0.05, 0.1) is 3.57 Å². The van der Waals surface area contributed by atoms with Gasteiger partial charge in [-0.3, -0.25) is 0 Å². The van der Waals surface area contributed by atoms with Gasteiger partial charge in [-0.1, -0.05) is 36.7 Å². The van der Waals surface area contributed by atoms with E-state index in [1.54, 1.807) is 0 Å². The average molecular weight is 388 g/mol. The number of benzene rings is 2. The summed E-state index contributed by atoms with van der Waals surface area (Å²) in [7, 11) is 0. The molecule has 2 nitrogen and oxygen atoms in total. The average Bonchev–Trinajstić information content (AvgIpc) is 2.40. The van der Waals surface area contributed by atoms with Gasteiger partial charge in [0.1, 0.15) is 11.5 Å². The fraction of sp³-hybridized carbons (Fsp3) is 0.200. The number of hydrogen-bond acceptors (Lipinski definition) is 2. The van der Waals surface area contributed by atoms with Gasteiger partial charge in [0.25, 0.3) is 0 Å². The minimum Gasteiger partial charge on any atom is -0.456 e. The molecule has 2 aromatic rings. The van der Waals surface area contributed by atoms with Crippen molar-refractivity contribution in [3.05, 3.63) is 56.6 Å². The maximum atomic E-state index is 6.25. The predicted molar refractivity (Wildman–Crippen MR) is 88.1 cm³/mol. The smallest absolute Gasteiger partial charge is 0.140 e. The van der Waals surface area contributed by atoms with Crippen molar-refractivity contribution in [3.8, 4) is 11.5 Å². The van der Waals surface area contributed by atoms with Crippen molar-refractivity contribution >= 4 is 34.2 Å². The molecule has 2 rings (SSSR count). The molecule has 1 N–H and O–H groups in total. The van der Waals surface area contributed by atoms with E-state index in [2.05, 4.69) is 34.8 Å². The normalized spacial score (nSPS) is 10.5. The lowest BCUT2D eigenvalue weighted by Crippen LogP contribution is -2.11. The van der Waals surface area contributed by atoms with Gasteiger partial charge in [0.2, 0.25) is 0 Å². The Labute approximate surface area is 132 Å². The van der Waals surface area contributed by atoms with E-state index in [0.29, 0.717) is 0 Å². The lowest BCUT2D eigenvalue weighted by molar-refractivity contribution is 0.479. The Kier molecular flexibility index (Phi) is 5.48. The zero-order valence-corrected chi connectivity index (χ0v) is 13.5. The number of rotatable bonds is 5. The van der Waals surface area contributed by atoms with Crippen molar-refractivity contribution in [1.29, 1.82) is 0 Å². The maximum absolute atomic E-state index is 6.25. The maximum Gasteiger partial charge on any atom is 0.140 e. The summed E-state index contributed by atoms with van der Waals surface area (Å²) >= 11 is 8.50. The van der Waals surface area contributed by atoms with E-state index in [9.17, 15) is 0 Å². The highest BCUT2D eigenvalue weighted by atomic mass is 127. The van der Waals surface area contributed by atoms with Crippen molar-refractivity contribution in [2.75, 3.05) is 6.54 Å². The summed E-state index contributed by atoms with van der Waals surface area (Å²) in [5, 5.41) is 3.98. The summed E-state index contributed by atoms with van der Waals surface area (Å²) < 4.78 is 6.91. The van der Waals surface area contributed by atoms with Gasteiger partial charge < -0.3 is 10.1 Å². The summed E-state index contributed by atoms with van der Waals surface area (Å²) in [5.74, 6) is 1.60. The monoisotopic (exact) mass is 387 g/mol. The molecule has 0 aliphatic rings. The Morgan fingerprint density at radius 1 is 1.21 bits per heavy atom. The van der Waals surface area contributed by atoms with Gasteiger partial charge in [-0.05, 0) is 59.0 Å². The first-order valence-electron chi connectivity index (χ1n) is 6.12. The summed E-state index contributed by atoms with van der Waals surface area (Å²) in [6.07, 6.45) is 0. The Balaban J connectivity index is 2.14.